The summed E-state index contributed by atoms with van der Waals surface area (Å²) in [6.07, 6.45) is 13.1. The Morgan fingerprint density at radius 1 is 0.475 bits per heavy atom. The second-order valence-corrected chi connectivity index (χ2v) is 35.1. The molecule has 4 fully saturated rings. The molecule has 35 nitrogen and oxygen atoms in total. The summed E-state index contributed by atoms with van der Waals surface area (Å²) in [6, 6.07) is 56.4. The van der Waals surface area contributed by atoms with Crippen molar-refractivity contribution in [2.45, 2.75) is 133 Å². The van der Waals surface area contributed by atoms with Gasteiger partial charge in [0.15, 0.2) is 22.9 Å². The van der Waals surface area contributed by atoms with Crippen LogP contribution in [0.5, 0.6) is 0 Å². The molecule has 0 bridgehead atoms. The number of nitrogens with zero attached hydrogens (tertiary/aromatic N) is 10. The maximum absolute atomic E-state index is 13.3. The number of imidazole rings is 2. The SMILES string of the molecule is CC1(c2ccc(-n3c(-c4cccnc4N)nc4ccc(-c5cccc(CCC(=O)O)c5)nc43)cc2)CCC1.NCCOCCOCCOCCCc1cccc2c1C(=O)N(C1CCC(=O)NC1=O)C2=O.Nc1ncccc1-c1nc2ccc(-c3cccc(CCC(=O)NCCOCCOCCOCCNc4cccc5c4C(=O)N(C4CCC(=O)NC4=O)C5=O)c3)nc2n1-c1ccc(C2(N)CCC2)cc1. The largest absolute Gasteiger partial charge is 0.481 e. The van der Waals surface area contributed by atoms with E-state index < -0.39 is 65.3 Å². The number of benzene rings is 6. The first-order chi connectivity index (χ1) is 67.5. The molecule has 9 amide bonds. The van der Waals surface area contributed by atoms with Crippen molar-refractivity contribution in [2.24, 2.45) is 11.5 Å². The van der Waals surface area contributed by atoms with Gasteiger partial charge in [0.05, 0.1) is 117 Å². The van der Waals surface area contributed by atoms with Crippen LogP contribution in [-0.4, -0.2) is 224 Å². The van der Waals surface area contributed by atoms with E-state index in [4.69, 9.17) is 76.4 Å². The quantitative estimate of drug-likeness (QED) is 0.0127. The van der Waals surface area contributed by atoms with E-state index in [1.807, 2.05) is 106 Å². The van der Waals surface area contributed by atoms with Gasteiger partial charge in [-0.3, -0.25) is 77.5 Å². The number of carboxylic acid groups (broad SMARTS) is 1. The maximum atomic E-state index is 13.3. The van der Waals surface area contributed by atoms with Gasteiger partial charge in [-0.15, -0.1) is 0 Å². The number of nitrogens with two attached hydrogens (primary N) is 4. The molecule has 6 aromatic carbocycles. The van der Waals surface area contributed by atoms with Crippen LogP contribution in [0.3, 0.4) is 0 Å². The van der Waals surface area contributed by atoms with Gasteiger partial charge in [0.25, 0.3) is 23.6 Å². The van der Waals surface area contributed by atoms with E-state index in [-0.39, 0.29) is 60.1 Å². The number of amides is 9. The highest BCUT2D eigenvalue weighted by molar-refractivity contribution is 6.26. The lowest BCUT2D eigenvalue weighted by molar-refractivity contribution is -0.137. The molecule has 10 heterocycles. The molecule has 6 aliphatic rings. The zero-order valence-electron chi connectivity index (χ0n) is 77.3. The third-order valence-corrected chi connectivity index (χ3v) is 25.7. The van der Waals surface area contributed by atoms with Crippen LogP contribution in [0.1, 0.15) is 160 Å². The topological polar surface area (TPSA) is 492 Å². The molecular weight excluding hydrogens is 1770 g/mol. The number of fused-ring (bicyclic) bond motifs is 4. The van der Waals surface area contributed by atoms with Gasteiger partial charge in [0, 0.05) is 98.0 Å². The molecule has 0 radical (unpaired) electrons. The molecular formula is C104H112N18O17. The standard InChI is InChI=1S/C51H54N10O8.C31H29N5O2.C22H29N3O7/c52-45-37(8-3-22-56-45)46-58-40-16-15-38(57-47(40)60(46)35-13-11-34(12-14-35)51(53)20-4-21-51)33-6-1-5-32(31-33)10-18-42(62)55-24-26-68-28-30-69-29-27-67-25-23-54-39-9-2-7-36-44(39)50(66)61(49(36)65)41-17-19-43(63)59-48(41)64;1-31(16-4-17-31)22-9-11-23(12-10-22)36-29(24-7-3-18-33-28(24)32)35-26-14-13-25(34-30(26)36)21-6-2-5-20(19-21)8-15-27(37)38;23-8-10-31-12-14-32-13-11-30-9-2-4-15-3-1-5-16-19(15)22(29)25(21(16)28)17-6-7-18(26)24-20(17)27/h1-3,5-9,11-16,22,31,41,54H,4,10,17-21,23-30,53H2,(H2,52,56)(H,55,62)(H,59,63,64);2-3,5-7,9-14,18-19H,4,8,15-17H2,1H3,(H2,32,33)(H,37,38);1,3,5,17H,2,4,6-14,23H2,(H,24,26,27). The minimum atomic E-state index is -1.03. The number of hydrogen-bond donors (Lipinski definition) is 9. The summed E-state index contributed by atoms with van der Waals surface area (Å²) in [7, 11) is 0. The zero-order valence-corrected chi connectivity index (χ0v) is 77.3. The van der Waals surface area contributed by atoms with E-state index in [0.29, 0.717) is 188 Å². The van der Waals surface area contributed by atoms with Gasteiger partial charge in [-0.2, -0.15) is 0 Å². The second kappa shape index (κ2) is 45.2. The van der Waals surface area contributed by atoms with Gasteiger partial charge >= 0.3 is 5.97 Å². The predicted octanol–water partition coefficient (Wildman–Crippen LogP) is 10.9. The van der Waals surface area contributed by atoms with Gasteiger partial charge in [-0.1, -0.05) is 92.2 Å². The zero-order chi connectivity index (χ0) is 97.1. The maximum Gasteiger partial charge on any atom is 0.303 e. The van der Waals surface area contributed by atoms with Crippen LogP contribution >= 0.6 is 0 Å². The van der Waals surface area contributed by atoms with Gasteiger partial charge < -0.3 is 67.1 Å². The average Bonchev–Trinajstić information content (AvgIpc) is 1.55. The second-order valence-electron chi connectivity index (χ2n) is 35.1. The number of aliphatic carboxylic acids is 1. The molecule has 2 saturated carbocycles. The molecule has 2 saturated heterocycles. The van der Waals surface area contributed by atoms with Crippen LogP contribution in [-0.2, 0) is 87.4 Å². The number of nitrogens with one attached hydrogen (secondary N) is 4. The van der Waals surface area contributed by atoms with Crippen LogP contribution in [0.25, 0.3) is 79.0 Å². The number of aromatic nitrogens is 8. The van der Waals surface area contributed by atoms with Crippen molar-refractivity contribution in [3.8, 4) is 56.7 Å². The van der Waals surface area contributed by atoms with E-state index in [2.05, 4.69) is 92.8 Å². The predicted molar refractivity (Wildman–Crippen MR) is 519 cm³/mol. The molecule has 720 valence electrons. The summed E-state index contributed by atoms with van der Waals surface area (Å²) in [5, 5.41) is 19.5. The molecule has 6 aromatic heterocycles. The number of carbonyl (C=O) groups is 10. The lowest BCUT2D eigenvalue weighted by Crippen LogP contribution is -2.54. The molecule has 13 N–H and O–H groups in total. The summed E-state index contributed by atoms with van der Waals surface area (Å²) in [5.74, 6) is -2.97. The van der Waals surface area contributed by atoms with Crippen molar-refractivity contribution in [1.29, 1.82) is 0 Å². The van der Waals surface area contributed by atoms with Crippen molar-refractivity contribution in [3.63, 3.8) is 0 Å². The number of carboxylic acids is 1. The molecule has 35 heteroatoms. The molecule has 0 spiro atoms. The number of carbonyl (C=O) groups excluding carboxylic acids is 9. The summed E-state index contributed by atoms with van der Waals surface area (Å²) in [6.45, 7) is 8.48. The Hall–Kier alpha value is -14.6. The first-order valence-corrected chi connectivity index (χ1v) is 47.0. The number of anilines is 3. The first-order valence-electron chi connectivity index (χ1n) is 47.0. The van der Waals surface area contributed by atoms with Gasteiger partial charge in [0.2, 0.25) is 29.5 Å². The fourth-order valence-electron chi connectivity index (χ4n) is 18.0. The normalized spacial score (nSPS) is 16.3. The Bertz CT molecular complexity index is 6550. The van der Waals surface area contributed by atoms with Crippen LogP contribution in [0.4, 0.5) is 17.3 Å². The number of nitrogen functional groups attached to an aromatic ring is 2. The lowest BCUT2D eigenvalue weighted by atomic mass is 9.66. The third-order valence-electron chi connectivity index (χ3n) is 25.7. The molecule has 18 rings (SSSR count). The van der Waals surface area contributed by atoms with E-state index in [1.54, 1.807) is 42.7 Å². The van der Waals surface area contributed by atoms with Crippen LogP contribution in [0.2, 0.25) is 0 Å². The van der Waals surface area contributed by atoms with Gasteiger partial charge in [-0.25, -0.2) is 29.9 Å². The molecule has 139 heavy (non-hydrogen) atoms. The smallest absolute Gasteiger partial charge is 0.303 e. The Morgan fingerprint density at radius 3 is 1.42 bits per heavy atom. The highest BCUT2D eigenvalue weighted by Crippen LogP contribution is 2.45. The number of ether oxygens (including phenoxy) is 6. The summed E-state index contributed by atoms with van der Waals surface area (Å²) in [5.41, 5.74) is 40.8. The van der Waals surface area contributed by atoms with Gasteiger partial charge in [0.1, 0.15) is 34.8 Å². The van der Waals surface area contributed by atoms with Crippen molar-refractivity contribution < 1.29 is 81.5 Å². The van der Waals surface area contributed by atoms with Crippen molar-refractivity contribution in [1.82, 2.24) is 64.8 Å². The van der Waals surface area contributed by atoms with Gasteiger partial charge in [-0.05, 0) is 207 Å². The minimum Gasteiger partial charge on any atom is -0.481 e. The molecule has 2 atom stereocenters. The monoisotopic (exact) mass is 1880 g/mol. The number of aryl methyl sites for hydroxylation is 3. The fraction of sp³-hybridized carbons (Fsp3) is 0.346. The van der Waals surface area contributed by atoms with E-state index in [0.717, 1.165) is 102 Å². The molecule has 2 unspecified atom stereocenters. The number of rotatable bonds is 41. The molecule has 12 aromatic rings. The lowest BCUT2D eigenvalue weighted by Gasteiger charge is -2.39. The number of hydrogen-bond acceptors (Lipinski definition) is 27. The summed E-state index contributed by atoms with van der Waals surface area (Å²) < 4.78 is 37.1. The Balaban J connectivity index is 0.000000167. The third kappa shape index (κ3) is 22.8. The number of imide groups is 4. The highest BCUT2D eigenvalue weighted by atomic mass is 16.5. The fourth-order valence-corrected chi connectivity index (χ4v) is 18.0. The van der Waals surface area contributed by atoms with Crippen LogP contribution < -0.4 is 44.2 Å². The van der Waals surface area contributed by atoms with Crippen molar-refractivity contribution in [3.05, 3.63) is 244 Å². The number of piperidine rings is 2. The highest BCUT2D eigenvalue weighted by Gasteiger charge is 2.48. The van der Waals surface area contributed by atoms with Crippen LogP contribution in [0, 0.1) is 0 Å². The van der Waals surface area contributed by atoms with Crippen LogP contribution in [0.15, 0.2) is 194 Å². The molecule has 2 aliphatic carbocycles. The van der Waals surface area contributed by atoms with E-state index in [9.17, 15) is 47.9 Å². The number of pyridine rings is 4. The Kier molecular flexibility index (Phi) is 31.7. The first kappa shape index (κ1) is 97.5. The molecule has 4 aliphatic heterocycles. The van der Waals surface area contributed by atoms with E-state index >= 15 is 0 Å². The van der Waals surface area contributed by atoms with Crippen molar-refractivity contribution >= 4 is 98.8 Å². The summed E-state index contributed by atoms with van der Waals surface area (Å²) >= 11 is 0. The Morgan fingerprint density at radius 2 is 0.935 bits per heavy atom. The minimum absolute atomic E-state index is 0.0534. The summed E-state index contributed by atoms with van der Waals surface area (Å²) in [4.78, 5) is 154. The average molecular weight is 1890 g/mol. The van der Waals surface area contributed by atoms with E-state index in [1.165, 1.54) is 24.8 Å². The Labute approximate surface area is 801 Å². The van der Waals surface area contributed by atoms with Crippen molar-refractivity contribution in [2.75, 3.05) is 116 Å².